The quantitative estimate of drug-likeness (QED) is 0.0478. The molecule has 26 heteroatoms. The van der Waals surface area contributed by atoms with Gasteiger partial charge in [-0.25, -0.2) is 0 Å². The van der Waals surface area contributed by atoms with Gasteiger partial charge in [-0.05, 0) is 144 Å². The van der Waals surface area contributed by atoms with Gasteiger partial charge in [0.1, 0.15) is 71.1 Å². The summed E-state index contributed by atoms with van der Waals surface area (Å²) in [5.74, 6) is -7.88. The summed E-state index contributed by atoms with van der Waals surface area (Å²) in [7, 11) is 0. The number of hydrogen-bond donors (Lipinski definition) is 9. The van der Waals surface area contributed by atoms with Gasteiger partial charge in [-0.15, -0.1) is 0 Å². The van der Waals surface area contributed by atoms with Crippen molar-refractivity contribution in [2.24, 2.45) is 23.7 Å². The van der Waals surface area contributed by atoms with Gasteiger partial charge in [-0.2, -0.15) is 0 Å². The molecule has 0 saturated carbocycles. The second-order valence-corrected chi connectivity index (χ2v) is 27.6. The Morgan fingerprint density at radius 3 is 1.20 bits per heavy atom. The van der Waals surface area contributed by atoms with Crippen LogP contribution in [0, 0.1) is 23.7 Å². The van der Waals surface area contributed by atoms with E-state index in [0.29, 0.717) is 38.5 Å². The van der Waals surface area contributed by atoms with Crippen LogP contribution in [-0.2, 0) is 67.1 Å². The molecule has 3 saturated heterocycles. The van der Waals surface area contributed by atoms with Gasteiger partial charge in [0.15, 0.2) is 0 Å². The summed E-state index contributed by atoms with van der Waals surface area (Å²) in [6, 6.07) is -7.75. The Bertz CT molecular complexity index is 2550. The maximum Gasteiger partial charge on any atom is 0.302 e. The van der Waals surface area contributed by atoms with Crippen LogP contribution in [0.2, 0.25) is 0 Å². The van der Waals surface area contributed by atoms with Crippen LogP contribution >= 0.6 is 0 Å². The first-order valence-corrected chi connectivity index (χ1v) is 30.9. The van der Waals surface area contributed by atoms with E-state index in [2.05, 4.69) is 47.9 Å². The lowest BCUT2D eigenvalue weighted by atomic mass is 9.97. The Hall–Kier alpha value is -6.89. The topological polar surface area (TPSA) is 349 Å². The van der Waals surface area contributed by atoms with Gasteiger partial charge in [0.25, 0.3) is 0 Å². The second-order valence-electron chi connectivity index (χ2n) is 27.6. The summed E-state index contributed by atoms with van der Waals surface area (Å²) in [6.45, 7) is 31.3. The molecule has 0 aromatic heterocycles. The van der Waals surface area contributed by atoms with Crippen molar-refractivity contribution < 1.29 is 67.1 Å². The number of ether oxygens (including phenoxy) is 1. The fourth-order valence-corrected chi connectivity index (χ4v) is 11.1. The van der Waals surface area contributed by atoms with Crippen LogP contribution in [0.15, 0.2) is 0 Å². The Labute approximate surface area is 514 Å². The van der Waals surface area contributed by atoms with Gasteiger partial charge < -0.3 is 67.3 Å². The Kier molecular flexibility index (Phi) is 26.8. The number of carbonyl (C=O) groups excluding carboxylic acids is 13. The highest BCUT2D eigenvalue weighted by atomic mass is 16.5. The van der Waals surface area contributed by atoms with E-state index in [-0.39, 0.29) is 69.2 Å². The van der Waals surface area contributed by atoms with Gasteiger partial charge in [0, 0.05) is 33.5 Å². The molecule has 0 unspecified atom stereocenters. The molecule has 26 nitrogen and oxygen atoms in total. The average Bonchev–Trinajstić information content (AvgIpc) is 2.07. The second kappa shape index (κ2) is 31.3. The summed E-state index contributed by atoms with van der Waals surface area (Å²) in [5.41, 5.74) is -6.30. The SMILES string of the molecule is CC(=O)N[C@@H](CC(C)C)C(=O)NC(C)(C)C(=O)N1CCC[C@@H]1C(=O)NC(C)(C)C(=O)N[C@H](CC(C)C)C(=O)NC(C)(C)C(=O)N1CCC[C@H]1C(=O)N[C@@H](C)C(=O)NC(C)(C)C(=O)N1CCC[C@@H]1C(=O)N[C@@H](C(=O)N[C@H](COC(C)=O)CC(C)C)C(C)C. The molecule has 8 atom stereocenters. The van der Waals surface area contributed by atoms with E-state index in [1.54, 1.807) is 13.8 Å². The summed E-state index contributed by atoms with van der Waals surface area (Å²) >= 11 is 0. The maximum atomic E-state index is 14.4. The first-order valence-electron chi connectivity index (χ1n) is 30.9. The lowest BCUT2D eigenvalue weighted by Crippen LogP contribution is -2.65. The van der Waals surface area contributed by atoms with Crippen molar-refractivity contribution in [3.05, 3.63) is 0 Å². The molecule has 3 aliphatic rings. The first kappa shape index (κ1) is 74.4. The molecule has 0 spiro atoms. The third-order valence-corrected chi connectivity index (χ3v) is 15.7. The molecule has 492 valence electrons. The minimum Gasteiger partial charge on any atom is -0.464 e. The van der Waals surface area contributed by atoms with Crippen LogP contribution in [0.5, 0.6) is 0 Å². The molecule has 0 aromatic carbocycles. The number of rotatable bonds is 29. The number of amides is 12. The van der Waals surface area contributed by atoms with Crippen molar-refractivity contribution >= 4 is 76.9 Å². The third-order valence-electron chi connectivity index (χ3n) is 15.7. The highest BCUT2D eigenvalue weighted by Gasteiger charge is 2.48. The maximum absolute atomic E-state index is 14.4. The Balaban J connectivity index is 1.66. The van der Waals surface area contributed by atoms with E-state index in [0.717, 1.165) is 0 Å². The molecule has 0 aliphatic carbocycles. The standard InChI is InChI=1S/C61H104N12O14/c1-33(2)29-40(32-87-39(11)75)64-53(82)46(36(7)8)66-51(80)44-24-21-27-72(44)55(84)59(14,15)67-47(76)37(9)62-50(79)43-23-20-26-71(43)56(85)60(16,17)69-49(78)42(31-35(5)6)65-54(83)58(12,13)70-52(81)45-25-22-28-73(45)57(86)61(18,19)68-48(77)41(30-34(3)4)63-38(10)74/h33-37,40-46H,20-32H2,1-19H3,(H,62,79)(H,63,74)(H,64,82)(H,65,83)(H,66,80)(H,67,76)(H,68,77)(H,69,78)(H,70,81)/t37-,40-,41-,42+,43-,44+,45+,46+/m0/s1. The fourth-order valence-electron chi connectivity index (χ4n) is 11.1. The monoisotopic (exact) mass is 1230 g/mol. The van der Waals surface area contributed by atoms with E-state index in [1.165, 1.54) is 90.9 Å². The van der Waals surface area contributed by atoms with Crippen LogP contribution < -0.4 is 47.9 Å². The normalized spacial score (nSPS) is 19.1. The van der Waals surface area contributed by atoms with Gasteiger partial charge in [-0.1, -0.05) is 55.4 Å². The summed E-state index contributed by atoms with van der Waals surface area (Å²) in [6.07, 6.45) is 3.16. The molecule has 3 fully saturated rings. The zero-order chi connectivity index (χ0) is 66.4. The van der Waals surface area contributed by atoms with Crippen LogP contribution in [0.4, 0.5) is 0 Å². The van der Waals surface area contributed by atoms with E-state index >= 15 is 0 Å². The number of hydrogen-bond acceptors (Lipinski definition) is 14. The van der Waals surface area contributed by atoms with Crippen molar-refractivity contribution in [3.63, 3.8) is 0 Å². The molecule has 87 heavy (non-hydrogen) atoms. The summed E-state index contributed by atoms with van der Waals surface area (Å²) in [5, 5.41) is 24.7. The molecule has 9 N–H and O–H groups in total. The summed E-state index contributed by atoms with van der Waals surface area (Å²) < 4.78 is 5.18. The van der Waals surface area contributed by atoms with Crippen LogP contribution in [0.3, 0.4) is 0 Å². The lowest BCUT2D eigenvalue weighted by molar-refractivity contribution is -0.147. The van der Waals surface area contributed by atoms with Gasteiger partial charge in [-0.3, -0.25) is 62.3 Å². The highest BCUT2D eigenvalue weighted by Crippen LogP contribution is 2.27. The molecule has 3 rings (SSSR count). The number of carbonyl (C=O) groups is 13. The average molecular weight is 1230 g/mol. The molecule has 3 aliphatic heterocycles. The molecular formula is C61H104N12O14. The van der Waals surface area contributed by atoms with E-state index in [1.807, 2.05) is 41.5 Å². The van der Waals surface area contributed by atoms with Crippen molar-refractivity contribution in [1.29, 1.82) is 0 Å². The van der Waals surface area contributed by atoms with E-state index in [9.17, 15) is 62.3 Å². The highest BCUT2D eigenvalue weighted by molar-refractivity contribution is 6.01. The van der Waals surface area contributed by atoms with Crippen molar-refractivity contribution in [3.8, 4) is 0 Å². The largest absolute Gasteiger partial charge is 0.464 e. The minimum absolute atomic E-state index is 0.0339. The number of esters is 1. The summed E-state index contributed by atoms with van der Waals surface area (Å²) in [4.78, 5) is 181. The fraction of sp³-hybridized carbons (Fsp3) is 0.787. The number of likely N-dealkylation sites (tertiary alicyclic amines) is 3. The van der Waals surface area contributed by atoms with Crippen LogP contribution in [0.25, 0.3) is 0 Å². The molecular weight excluding hydrogens is 1120 g/mol. The van der Waals surface area contributed by atoms with Gasteiger partial charge in [0.05, 0.1) is 6.04 Å². The van der Waals surface area contributed by atoms with Crippen molar-refractivity contribution in [1.82, 2.24) is 62.6 Å². The smallest absolute Gasteiger partial charge is 0.302 e. The van der Waals surface area contributed by atoms with Crippen LogP contribution in [-0.4, -0.2) is 188 Å². The molecule has 0 aromatic rings. The molecule has 0 radical (unpaired) electrons. The predicted octanol–water partition coefficient (Wildman–Crippen LogP) is 1.36. The Morgan fingerprint density at radius 2 is 0.816 bits per heavy atom. The van der Waals surface area contributed by atoms with Gasteiger partial charge >= 0.3 is 5.97 Å². The zero-order valence-corrected chi connectivity index (χ0v) is 55.2. The molecule has 3 heterocycles. The van der Waals surface area contributed by atoms with Crippen molar-refractivity contribution in [2.75, 3.05) is 26.2 Å². The minimum atomic E-state index is -1.63. The number of nitrogens with zero attached hydrogens (tertiary/aromatic N) is 3. The number of nitrogens with one attached hydrogen (secondary N) is 9. The molecule has 12 amide bonds. The predicted molar refractivity (Wildman–Crippen MR) is 324 cm³/mol. The van der Waals surface area contributed by atoms with E-state index < -0.39 is 147 Å². The van der Waals surface area contributed by atoms with E-state index in [4.69, 9.17) is 4.74 Å². The van der Waals surface area contributed by atoms with Gasteiger partial charge in [0.2, 0.25) is 70.9 Å². The zero-order valence-electron chi connectivity index (χ0n) is 55.2. The van der Waals surface area contributed by atoms with Crippen LogP contribution in [0.1, 0.15) is 189 Å². The first-order chi connectivity index (χ1) is 40.0. The molecule has 0 bridgehead atoms. The Morgan fingerprint density at radius 1 is 0.437 bits per heavy atom. The lowest BCUT2D eigenvalue weighted by Gasteiger charge is -2.36. The van der Waals surface area contributed by atoms with Crippen molar-refractivity contribution in [2.45, 2.75) is 260 Å². The third kappa shape index (κ3) is 21.4.